The zero-order valence-corrected chi connectivity index (χ0v) is 18.6. The lowest BCUT2D eigenvalue weighted by Gasteiger charge is -2.29. The zero-order chi connectivity index (χ0) is 23.9. The van der Waals surface area contributed by atoms with Crippen molar-refractivity contribution >= 4 is 17.7 Å². The molecule has 2 aliphatic rings. The van der Waals surface area contributed by atoms with Crippen LogP contribution in [0.15, 0.2) is 60.8 Å². The molecule has 4 aromatic rings. The second-order valence-electron chi connectivity index (χ2n) is 8.68. The molecule has 2 aromatic carbocycles. The van der Waals surface area contributed by atoms with E-state index in [1.807, 2.05) is 48.7 Å². The van der Waals surface area contributed by atoms with E-state index in [4.69, 9.17) is 0 Å². The summed E-state index contributed by atoms with van der Waals surface area (Å²) in [5.74, 6) is -0.945. The number of nitrogens with one attached hydrogen (secondary N) is 2. The van der Waals surface area contributed by atoms with Gasteiger partial charge in [0.2, 0.25) is 11.8 Å². The SMILES string of the molecule is O=C1CCC(N2Cc3c(cccc3-c3cn(Cc4cc(-c5ccccc5)n[nH]4)nn3)C2=O)C(=O)N1. The van der Waals surface area contributed by atoms with Gasteiger partial charge in [0.25, 0.3) is 5.91 Å². The number of hydrogen-bond acceptors (Lipinski definition) is 6. The fourth-order valence-electron chi connectivity index (χ4n) is 4.70. The Balaban J connectivity index is 1.23. The van der Waals surface area contributed by atoms with Gasteiger partial charge in [-0.25, -0.2) is 4.68 Å². The van der Waals surface area contributed by atoms with Gasteiger partial charge >= 0.3 is 0 Å². The van der Waals surface area contributed by atoms with Gasteiger partial charge in [0.1, 0.15) is 11.7 Å². The zero-order valence-electron chi connectivity index (χ0n) is 18.6. The lowest BCUT2D eigenvalue weighted by atomic mass is 10.0. The molecule has 1 fully saturated rings. The number of amides is 3. The Hall–Kier alpha value is -4.60. The third-order valence-electron chi connectivity index (χ3n) is 6.43. The average Bonchev–Trinajstić information content (AvgIpc) is 3.60. The maximum atomic E-state index is 13.1. The van der Waals surface area contributed by atoms with Crippen molar-refractivity contribution in [1.82, 2.24) is 35.4 Å². The molecule has 1 unspecified atom stereocenters. The fourth-order valence-corrected chi connectivity index (χ4v) is 4.70. The molecule has 0 spiro atoms. The summed E-state index contributed by atoms with van der Waals surface area (Å²) in [7, 11) is 0. The highest BCUT2D eigenvalue weighted by molar-refractivity contribution is 6.06. The first-order valence-electron chi connectivity index (χ1n) is 11.3. The molecule has 2 N–H and O–H groups in total. The predicted molar refractivity (Wildman–Crippen MR) is 125 cm³/mol. The maximum Gasteiger partial charge on any atom is 0.255 e. The Labute approximate surface area is 199 Å². The normalized spacial score (nSPS) is 17.5. The van der Waals surface area contributed by atoms with E-state index in [0.717, 1.165) is 28.1 Å². The van der Waals surface area contributed by atoms with Gasteiger partial charge in [0, 0.05) is 29.7 Å². The number of fused-ring (bicyclic) bond motifs is 1. The fraction of sp³-hybridized carbons (Fsp3) is 0.200. The summed E-state index contributed by atoms with van der Waals surface area (Å²) in [4.78, 5) is 38.5. The minimum atomic E-state index is -0.657. The number of aromatic nitrogens is 5. The summed E-state index contributed by atoms with van der Waals surface area (Å²) in [5, 5.41) is 18.4. The average molecular weight is 467 g/mol. The van der Waals surface area contributed by atoms with Crippen molar-refractivity contribution in [1.29, 1.82) is 0 Å². The number of nitrogens with zero attached hydrogens (tertiary/aromatic N) is 5. The number of rotatable bonds is 5. The van der Waals surface area contributed by atoms with Gasteiger partial charge in [-0.2, -0.15) is 5.10 Å². The Kier molecular flexibility index (Phi) is 4.98. The molecule has 0 bridgehead atoms. The first kappa shape index (κ1) is 21.0. The summed E-state index contributed by atoms with van der Waals surface area (Å²) in [6.45, 7) is 0.744. The maximum absolute atomic E-state index is 13.1. The molecule has 0 radical (unpaired) electrons. The monoisotopic (exact) mass is 467 g/mol. The van der Waals surface area contributed by atoms with Crippen molar-refractivity contribution in [3.05, 3.63) is 77.6 Å². The molecule has 174 valence electrons. The molecule has 0 saturated carbocycles. The van der Waals surface area contributed by atoms with Gasteiger partial charge in [0.15, 0.2) is 0 Å². The summed E-state index contributed by atoms with van der Waals surface area (Å²) < 4.78 is 1.71. The van der Waals surface area contributed by atoms with Gasteiger partial charge in [-0.3, -0.25) is 24.8 Å². The second-order valence-corrected chi connectivity index (χ2v) is 8.68. The van der Waals surface area contributed by atoms with Crippen molar-refractivity contribution in [3.8, 4) is 22.5 Å². The van der Waals surface area contributed by atoms with E-state index < -0.39 is 11.9 Å². The van der Waals surface area contributed by atoms with Gasteiger partial charge < -0.3 is 4.90 Å². The number of H-pyrrole nitrogens is 1. The first-order chi connectivity index (χ1) is 17.1. The summed E-state index contributed by atoms with van der Waals surface area (Å²) >= 11 is 0. The topological polar surface area (TPSA) is 126 Å². The molecule has 1 atom stereocenters. The second kappa shape index (κ2) is 8.32. The van der Waals surface area contributed by atoms with Crippen molar-refractivity contribution < 1.29 is 14.4 Å². The molecular weight excluding hydrogens is 446 g/mol. The number of imide groups is 1. The minimum absolute atomic E-state index is 0.213. The highest BCUT2D eigenvalue weighted by Gasteiger charge is 2.40. The van der Waals surface area contributed by atoms with E-state index in [1.165, 1.54) is 4.90 Å². The highest BCUT2D eigenvalue weighted by atomic mass is 16.2. The van der Waals surface area contributed by atoms with Gasteiger partial charge in [-0.15, -0.1) is 5.10 Å². The minimum Gasteiger partial charge on any atom is -0.322 e. The number of piperidine rings is 1. The summed E-state index contributed by atoms with van der Waals surface area (Å²) in [5.41, 5.74) is 5.56. The van der Waals surface area contributed by atoms with E-state index in [0.29, 0.717) is 24.2 Å². The van der Waals surface area contributed by atoms with Crippen molar-refractivity contribution in [3.63, 3.8) is 0 Å². The Bertz CT molecular complexity index is 1460. The molecule has 1 saturated heterocycles. The molecule has 0 aliphatic carbocycles. The largest absolute Gasteiger partial charge is 0.322 e. The smallest absolute Gasteiger partial charge is 0.255 e. The number of aromatic amines is 1. The van der Waals surface area contributed by atoms with Crippen LogP contribution in [0.4, 0.5) is 0 Å². The van der Waals surface area contributed by atoms with Crippen molar-refractivity contribution in [2.45, 2.75) is 32.0 Å². The van der Waals surface area contributed by atoms with Gasteiger partial charge in [-0.05, 0) is 24.1 Å². The van der Waals surface area contributed by atoms with Crippen LogP contribution in [0.25, 0.3) is 22.5 Å². The molecule has 3 amide bonds. The summed E-state index contributed by atoms with van der Waals surface area (Å²) in [6.07, 6.45) is 2.38. The summed E-state index contributed by atoms with van der Waals surface area (Å²) in [6, 6.07) is 16.7. The Morgan fingerprint density at radius 1 is 0.971 bits per heavy atom. The lowest BCUT2D eigenvalue weighted by Crippen LogP contribution is -2.52. The quantitative estimate of drug-likeness (QED) is 0.433. The third kappa shape index (κ3) is 3.78. The molecule has 4 heterocycles. The van der Waals surface area contributed by atoms with Crippen LogP contribution < -0.4 is 5.32 Å². The molecule has 2 aromatic heterocycles. The van der Waals surface area contributed by atoms with Crippen LogP contribution in [0.3, 0.4) is 0 Å². The van der Waals surface area contributed by atoms with Gasteiger partial charge in [-0.1, -0.05) is 47.7 Å². The highest BCUT2D eigenvalue weighted by Crippen LogP contribution is 2.34. The third-order valence-corrected chi connectivity index (χ3v) is 6.43. The van der Waals surface area contributed by atoms with Crippen LogP contribution in [-0.4, -0.2) is 53.9 Å². The van der Waals surface area contributed by atoms with Crippen LogP contribution in [-0.2, 0) is 22.7 Å². The number of carbonyl (C=O) groups excluding carboxylic acids is 3. The van der Waals surface area contributed by atoms with Crippen LogP contribution in [0.2, 0.25) is 0 Å². The lowest BCUT2D eigenvalue weighted by molar-refractivity contribution is -0.136. The first-order valence-corrected chi connectivity index (χ1v) is 11.3. The number of benzene rings is 2. The molecule has 10 nitrogen and oxygen atoms in total. The number of hydrogen-bond donors (Lipinski definition) is 2. The molecule has 10 heteroatoms. The molecule has 2 aliphatic heterocycles. The van der Waals surface area contributed by atoms with Crippen LogP contribution in [0.5, 0.6) is 0 Å². The Morgan fingerprint density at radius 2 is 1.80 bits per heavy atom. The molecular formula is C25H21N7O3. The van der Waals surface area contributed by atoms with Crippen molar-refractivity contribution in [2.75, 3.05) is 0 Å². The van der Waals surface area contributed by atoms with E-state index in [9.17, 15) is 14.4 Å². The standard InChI is InChI=1S/C25H21N7O3/c33-23-10-9-22(24(34)26-23)32-13-19-17(7-4-8-18(19)25(32)35)21-14-31(30-29-21)12-16-11-20(28-27-16)15-5-2-1-3-6-15/h1-8,11,14,22H,9-10,12-13H2,(H,27,28)(H,26,33,34). The van der Waals surface area contributed by atoms with E-state index in [-0.39, 0.29) is 24.8 Å². The van der Waals surface area contributed by atoms with Crippen LogP contribution >= 0.6 is 0 Å². The van der Waals surface area contributed by atoms with E-state index in [1.54, 1.807) is 16.8 Å². The van der Waals surface area contributed by atoms with E-state index >= 15 is 0 Å². The number of carbonyl (C=O) groups is 3. The molecule has 35 heavy (non-hydrogen) atoms. The molecule has 6 rings (SSSR count). The van der Waals surface area contributed by atoms with Crippen molar-refractivity contribution in [2.24, 2.45) is 0 Å². The van der Waals surface area contributed by atoms with E-state index in [2.05, 4.69) is 25.8 Å². The van der Waals surface area contributed by atoms with Gasteiger partial charge in [0.05, 0.1) is 24.1 Å². The van der Waals surface area contributed by atoms with Crippen LogP contribution in [0, 0.1) is 0 Å². The predicted octanol–water partition coefficient (Wildman–Crippen LogP) is 2.14. The van der Waals surface area contributed by atoms with Crippen LogP contribution in [0.1, 0.15) is 34.5 Å². The Morgan fingerprint density at radius 3 is 2.63 bits per heavy atom.